The minimum Gasteiger partial charge on any atom is -0.497 e. The van der Waals surface area contributed by atoms with Gasteiger partial charge >= 0.3 is 0 Å². The highest BCUT2D eigenvalue weighted by molar-refractivity contribution is 5.57. The molecule has 1 atom stereocenters. The van der Waals surface area contributed by atoms with E-state index in [9.17, 15) is 4.39 Å². The Morgan fingerprint density at radius 3 is 3.04 bits per heavy atom. The van der Waals surface area contributed by atoms with Crippen LogP contribution in [0.25, 0.3) is 11.5 Å². The molecule has 5 nitrogen and oxygen atoms in total. The van der Waals surface area contributed by atoms with E-state index in [1.807, 2.05) is 6.92 Å². The standard InChI is InChI=1S/C17H22FN3O2/c1-11-9-19-6-7-21(11)10-16-12(2)23-17(20-16)14-8-13(22-3)4-5-15(14)18/h4-5,8,11,19H,6-7,9-10H2,1-3H3. The highest BCUT2D eigenvalue weighted by Crippen LogP contribution is 2.28. The average molecular weight is 319 g/mol. The third-order valence-corrected chi connectivity index (χ3v) is 4.29. The first-order valence-corrected chi connectivity index (χ1v) is 7.83. The number of benzene rings is 1. The predicted octanol–water partition coefficient (Wildman–Crippen LogP) is 2.59. The summed E-state index contributed by atoms with van der Waals surface area (Å²) in [6.07, 6.45) is 0. The fraction of sp³-hybridized carbons (Fsp3) is 0.471. The van der Waals surface area contributed by atoms with Crippen molar-refractivity contribution in [3.8, 4) is 17.2 Å². The maximum Gasteiger partial charge on any atom is 0.229 e. The van der Waals surface area contributed by atoms with Gasteiger partial charge < -0.3 is 14.5 Å². The number of halogens is 1. The SMILES string of the molecule is COc1ccc(F)c(-c2nc(CN3CCNCC3C)c(C)o2)c1. The Labute approximate surface area is 135 Å². The van der Waals surface area contributed by atoms with Gasteiger partial charge in [-0.2, -0.15) is 0 Å². The van der Waals surface area contributed by atoms with Crippen LogP contribution in [0.1, 0.15) is 18.4 Å². The fourth-order valence-corrected chi connectivity index (χ4v) is 2.80. The number of aryl methyl sites for hydroxylation is 1. The van der Waals surface area contributed by atoms with Gasteiger partial charge in [0, 0.05) is 32.2 Å². The van der Waals surface area contributed by atoms with Crippen LogP contribution in [0, 0.1) is 12.7 Å². The van der Waals surface area contributed by atoms with E-state index in [2.05, 4.69) is 22.1 Å². The van der Waals surface area contributed by atoms with Crippen molar-refractivity contribution in [2.45, 2.75) is 26.4 Å². The highest BCUT2D eigenvalue weighted by Gasteiger charge is 2.22. The summed E-state index contributed by atoms with van der Waals surface area (Å²) >= 11 is 0. The second kappa shape index (κ2) is 6.68. The Morgan fingerprint density at radius 1 is 1.48 bits per heavy atom. The van der Waals surface area contributed by atoms with Crippen LogP contribution in [0.15, 0.2) is 22.6 Å². The quantitative estimate of drug-likeness (QED) is 0.939. The normalized spacial score (nSPS) is 19.0. The van der Waals surface area contributed by atoms with Crippen LogP contribution in [-0.4, -0.2) is 42.7 Å². The molecule has 2 heterocycles. The molecular formula is C17H22FN3O2. The molecule has 124 valence electrons. The summed E-state index contributed by atoms with van der Waals surface area (Å²) < 4.78 is 24.9. The molecule has 0 aliphatic carbocycles. The Balaban J connectivity index is 1.86. The monoisotopic (exact) mass is 319 g/mol. The summed E-state index contributed by atoms with van der Waals surface area (Å²) in [4.78, 5) is 6.87. The van der Waals surface area contributed by atoms with Crippen molar-refractivity contribution in [3.05, 3.63) is 35.5 Å². The Kier molecular flexibility index (Phi) is 4.63. The molecule has 1 aliphatic rings. The lowest BCUT2D eigenvalue weighted by Gasteiger charge is -2.33. The molecule has 0 amide bonds. The molecule has 0 spiro atoms. The summed E-state index contributed by atoms with van der Waals surface area (Å²) in [5, 5.41) is 3.37. The number of aromatic nitrogens is 1. The lowest BCUT2D eigenvalue weighted by molar-refractivity contribution is 0.163. The number of nitrogens with zero attached hydrogens (tertiary/aromatic N) is 2. The largest absolute Gasteiger partial charge is 0.497 e. The number of hydrogen-bond acceptors (Lipinski definition) is 5. The Morgan fingerprint density at radius 2 is 2.30 bits per heavy atom. The summed E-state index contributed by atoms with van der Waals surface area (Å²) in [7, 11) is 1.55. The van der Waals surface area contributed by atoms with Gasteiger partial charge in [-0.1, -0.05) is 0 Å². The molecule has 3 rings (SSSR count). The molecule has 0 radical (unpaired) electrons. The van der Waals surface area contributed by atoms with Gasteiger partial charge in [-0.25, -0.2) is 9.37 Å². The molecule has 23 heavy (non-hydrogen) atoms. The van der Waals surface area contributed by atoms with Crippen LogP contribution in [-0.2, 0) is 6.54 Å². The van der Waals surface area contributed by atoms with Gasteiger partial charge in [0.25, 0.3) is 0 Å². The zero-order valence-corrected chi connectivity index (χ0v) is 13.7. The van der Waals surface area contributed by atoms with Gasteiger partial charge in [0.15, 0.2) is 0 Å². The molecule has 1 aromatic carbocycles. The van der Waals surface area contributed by atoms with E-state index >= 15 is 0 Å². The van der Waals surface area contributed by atoms with Crippen LogP contribution in [0.3, 0.4) is 0 Å². The predicted molar refractivity (Wildman–Crippen MR) is 85.9 cm³/mol. The smallest absolute Gasteiger partial charge is 0.229 e. The van der Waals surface area contributed by atoms with Gasteiger partial charge in [-0.05, 0) is 32.0 Å². The minimum absolute atomic E-state index is 0.302. The summed E-state index contributed by atoms with van der Waals surface area (Å²) in [6, 6.07) is 5.00. The second-order valence-electron chi connectivity index (χ2n) is 5.89. The lowest BCUT2D eigenvalue weighted by atomic mass is 10.2. The average Bonchev–Trinajstić information content (AvgIpc) is 2.91. The highest BCUT2D eigenvalue weighted by atomic mass is 19.1. The number of oxazole rings is 1. The van der Waals surface area contributed by atoms with Crippen molar-refractivity contribution in [1.29, 1.82) is 0 Å². The van der Waals surface area contributed by atoms with Crippen molar-refractivity contribution in [3.63, 3.8) is 0 Å². The van der Waals surface area contributed by atoms with Crippen molar-refractivity contribution in [2.24, 2.45) is 0 Å². The fourth-order valence-electron chi connectivity index (χ4n) is 2.80. The first-order chi connectivity index (χ1) is 11.1. The first kappa shape index (κ1) is 16.0. The molecule has 2 aromatic rings. The molecule has 0 saturated carbocycles. The topological polar surface area (TPSA) is 50.5 Å². The van der Waals surface area contributed by atoms with Gasteiger partial charge in [0.2, 0.25) is 5.89 Å². The summed E-state index contributed by atoms with van der Waals surface area (Å²) in [5.41, 5.74) is 1.18. The van der Waals surface area contributed by atoms with Crippen molar-refractivity contribution in [2.75, 3.05) is 26.7 Å². The molecule has 1 fully saturated rings. The van der Waals surface area contributed by atoms with Gasteiger partial charge in [0.05, 0.1) is 18.4 Å². The van der Waals surface area contributed by atoms with E-state index < -0.39 is 0 Å². The first-order valence-electron chi connectivity index (χ1n) is 7.83. The summed E-state index contributed by atoms with van der Waals surface area (Å²) in [5.74, 6) is 1.24. The van der Waals surface area contributed by atoms with Crippen LogP contribution < -0.4 is 10.1 Å². The maximum atomic E-state index is 14.1. The van der Waals surface area contributed by atoms with E-state index in [0.717, 1.165) is 31.1 Å². The number of piperazine rings is 1. The zero-order valence-electron chi connectivity index (χ0n) is 13.7. The van der Waals surface area contributed by atoms with Crippen LogP contribution in [0.5, 0.6) is 5.75 Å². The van der Waals surface area contributed by atoms with E-state index in [0.29, 0.717) is 29.8 Å². The molecule has 1 N–H and O–H groups in total. The van der Waals surface area contributed by atoms with Crippen LogP contribution in [0.4, 0.5) is 4.39 Å². The third kappa shape index (κ3) is 3.38. The summed E-state index contributed by atoms with van der Waals surface area (Å²) in [6.45, 7) is 7.67. The Hall–Kier alpha value is -1.92. The molecule has 0 bridgehead atoms. The maximum absolute atomic E-state index is 14.1. The van der Waals surface area contributed by atoms with Crippen molar-refractivity contribution < 1.29 is 13.5 Å². The molecule has 6 heteroatoms. The van der Waals surface area contributed by atoms with Crippen molar-refractivity contribution in [1.82, 2.24) is 15.2 Å². The van der Waals surface area contributed by atoms with Gasteiger partial charge in [0.1, 0.15) is 17.3 Å². The zero-order chi connectivity index (χ0) is 16.4. The molecule has 1 aliphatic heterocycles. The van der Waals surface area contributed by atoms with E-state index in [-0.39, 0.29) is 5.82 Å². The van der Waals surface area contributed by atoms with Gasteiger partial charge in [-0.15, -0.1) is 0 Å². The number of rotatable bonds is 4. The number of methoxy groups -OCH3 is 1. The Bertz CT molecular complexity index is 686. The van der Waals surface area contributed by atoms with E-state index in [1.165, 1.54) is 6.07 Å². The number of hydrogen-bond donors (Lipinski definition) is 1. The molecule has 1 unspecified atom stereocenters. The lowest BCUT2D eigenvalue weighted by Crippen LogP contribution is -2.49. The van der Waals surface area contributed by atoms with E-state index in [4.69, 9.17) is 9.15 Å². The molecular weight excluding hydrogens is 297 g/mol. The third-order valence-electron chi connectivity index (χ3n) is 4.29. The molecule has 1 aromatic heterocycles. The van der Waals surface area contributed by atoms with Crippen molar-refractivity contribution >= 4 is 0 Å². The van der Waals surface area contributed by atoms with Crippen LogP contribution >= 0.6 is 0 Å². The second-order valence-corrected chi connectivity index (χ2v) is 5.89. The molecule has 1 saturated heterocycles. The van der Waals surface area contributed by atoms with E-state index in [1.54, 1.807) is 19.2 Å². The minimum atomic E-state index is -0.367. The number of ether oxygens (including phenoxy) is 1. The van der Waals surface area contributed by atoms with Crippen LogP contribution in [0.2, 0.25) is 0 Å². The number of nitrogens with one attached hydrogen (secondary N) is 1. The van der Waals surface area contributed by atoms with Gasteiger partial charge in [-0.3, -0.25) is 4.90 Å².